The second-order valence-corrected chi connectivity index (χ2v) is 5.78. The van der Waals surface area contributed by atoms with Gasteiger partial charge in [0.15, 0.2) is 11.5 Å². The van der Waals surface area contributed by atoms with Crippen molar-refractivity contribution in [1.82, 2.24) is 0 Å². The van der Waals surface area contributed by atoms with Crippen molar-refractivity contribution in [3.8, 4) is 11.5 Å². The summed E-state index contributed by atoms with van der Waals surface area (Å²) in [4.78, 5) is 11.8. The lowest BCUT2D eigenvalue weighted by Gasteiger charge is -2.16. The minimum atomic E-state index is -0.329. The normalized spacial score (nSPS) is 12.5. The molecule has 0 saturated heterocycles. The molecule has 0 bridgehead atoms. The number of aliphatic hydroxyl groups is 1. The average Bonchev–Trinajstić information content (AvgIpc) is 2.55. The van der Waals surface area contributed by atoms with Crippen molar-refractivity contribution in [2.45, 2.75) is 33.6 Å². The maximum absolute atomic E-state index is 11.8. The molecule has 1 aromatic carbocycles. The molecule has 0 fully saturated rings. The topological polar surface area (TPSA) is 65.0 Å². The second kappa shape index (κ2) is 10.0. The fourth-order valence-corrected chi connectivity index (χ4v) is 2.18. The Morgan fingerprint density at radius 3 is 2.58 bits per heavy atom. The molecule has 132 valence electrons. The number of rotatable bonds is 8. The van der Waals surface area contributed by atoms with E-state index in [4.69, 9.17) is 14.2 Å². The summed E-state index contributed by atoms with van der Waals surface area (Å²) in [6.07, 6.45) is 2.38. The van der Waals surface area contributed by atoms with E-state index in [1.807, 2.05) is 6.92 Å². The first kappa shape index (κ1) is 20.1. The van der Waals surface area contributed by atoms with Gasteiger partial charge in [-0.25, -0.2) is 0 Å². The van der Waals surface area contributed by atoms with Crippen molar-refractivity contribution in [1.29, 1.82) is 0 Å². The standard InChI is InChI=1S/C18H23BrO5/c1-5-14(11-15(19)12(3)20)24-18-13(10-17(21)23-6-2)8-7-9-16(18)22-4/h7-9,11,20H,5-6,10H2,1-4H3/b14-11?,15-12-. The Bertz CT molecular complexity index is 630. The van der Waals surface area contributed by atoms with Gasteiger partial charge in [0.1, 0.15) is 11.5 Å². The molecule has 0 spiro atoms. The van der Waals surface area contributed by atoms with Crippen LogP contribution in [-0.4, -0.2) is 24.8 Å². The first-order valence-electron chi connectivity index (χ1n) is 7.68. The number of esters is 1. The van der Waals surface area contributed by atoms with Gasteiger partial charge in [-0.1, -0.05) is 19.1 Å². The van der Waals surface area contributed by atoms with Gasteiger partial charge in [0.2, 0.25) is 0 Å². The van der Waals surface area contributed by atoms with Crippen LogP contribution in [0.3, 0.4) is 0 Å². The highest BCUT2D eigenvalue weighted by Crippen LogP contribution is 2.34. The summed E-state index contributed by atoms with van der Waals surface area (Å²) in [6.45, 7) is 5.59. The molecule has 0 atom stereocenters. The van der Waals surface area contributed by atoms with E-state index in [2.05, 4.69) is 15.9 Å². The molecule has 6 heteroatoms. The summed E-state index contributed by atoms with van der Waals surface area (Å²) < 4.78 is 16.9. The van der Waals surface area contributed by atoms with Crippen LogP contribution in [0.5, 0.6) is 11.5 Å². The fourth-order valence-electron chi connectivity index (χ4n) is 1.93. The summed E-state index contributed by atoms with van der Waals surface area (Å²) in [5.41, 5.74) is 0.674. The summed E-state index contributed by atoms with van der Waals surface area (Å²) in [7, 11) is 1.54. The number of halogens is 1. The van der Waals surface area contributed by atoms with E-state index < -0.39 is 0 Å². The van der Waals surface area contributed by atoms with Gasteiger partial charge in [-0.15, -0.1) is 0 Å². The average molecular weight is 399 g/mol. The molecule has 0 saturated carbocycles. The van der Waals surface area contributed by atoms with Crippen LogP contribution in [0.25, 0.3) is 0 Å². The van der Waals surface area contributed by atoms with Crippen LogP contribution in [0.15, 0.2) is 40.3 Å². The van der Waals surface area contributed by atoms with Crippen LogP contribution in [0, 0.1) is 0 Å². The molecule has 0 aliphatic carbocycles. The lowest BCUT2D eigenvalue weighted by atomic mass is 10.1. The summed E-state index contributed by atoms with van der Waals surface area (Å²) >= 11 is 3.28. The Morgan fingerprint density at radius 2 is 2.04 bits per heavy atom. The monoisotopic (exact) mass is 398 g/mol. The highest BCUT2D eigenvalue weighted by molar-refractivity contribution is 9.11. The molecule has 0 aliphatic heterocycles. The van der Waals surface area contributed by atoms with Gasteiger partial charge in [0.25, 0.3) is 0 Å². The molecule has 24 heavy (non-hydrogen) atoms. The number of carbonyl (C=O) groups excluding carboxylic acids is 1. The van der Waals surface area contributed by atoms with Gasteiger partial charge in [0.05, 0.1) is 24.6 Å². The van der Waals surface area contributed by atoms with E-state index in [1.165, 1.54) is 0 Å². The first-order chi connectivity index (χ1) is 11.4. The largest absolute Gasteiger partial charge is 0.511 e. The molecule has 5 nitrogen and oxygen atoms in total. The van der Waals surface area contributed by atoms with E-state index in [0.717, 1.165) is 0 Å². The number of benzene rings is 1. The molecule has 1 N–H and O–H groups in total. The van der Waals surface area contributed by atoms with Crippen LogP contribution in [0.1, 0.15) is 32.8 Å². The molecule has 0 aromatic heterocycles. The fraction of sp³-hybridized carbons (Fsp3) is 0.389. The number of para-hydroxylation sites is 1. The second-order valence-electron chi connectivity index (χ2n) is 4.93. The zero-order valence-electron chi connectivity index (χ0n) is 14.4. The zero-order chi connectivity index (χ0) is 18.1. The lowest BCUT2D eigenvalue weighted by molar-refractivity contribution is -0.142. The van der Waals surface area contributed by atoms with Crippen molar-refractivity contribution in [3.05, 3.63) is 45.8 Å². The summed E-state index contributed by atoms with van der Waals surface area (Å²) in [6, 6.07) is 5.35. The van der Waals surface area contributed by atoms with Crippen LogP contribution in [-0.2, 0) is 16.0 Å². The van der Waals surface area contributed by atoms with Crippen molar-refractivity contribution in [2.75, 3.05) is 13.7 Å². The molecule has 1 aromatic rings. The van der Waals surface area contributed by atoms with E-state index >= 15 is 0 Å². The quantitative estimate of drug-likeness (QED) is 0.391. The maximum atomic E-state index is 11.8. The molecule has 0 unspecified atom stereocenters. The SMILES string of the molecule is CCOC(=O)Cc1cccc(OC)c1OC(=C/C(Br)=C(\C)O)CC. The highest BCUT2D eigenvalue weighted by atomic mass is 79.9. The molecular formula is C18H23BrO5. The minimum Gasteiger partial charge on any atom is -0.511 e. The van der Waals surface area contributed by atoms with E-state index in [1.54, 1.807) is 45.2 Å². The lowest BCUT2D eigenvalue weighted by Crippen LogP contribution is -2.09. The van der Waals surface area contributed by atoms with Gasteiger partial charge < -0.3 is 19.3 Å². The number of hydrogen-bond donors (Lipinski definition) is 1. The number of ether oxygens (including phenoxy) is 3. The number of carbonyl (C=O) groups is 1. The van der Waals surface area contributed by atoms with Gasteiger partial charge in [0, 0.05) is 12.0 Å². The number of aliphatic hydroxyl groups excluding tert-OH is 1. The van der Waals surface area contributed by atoms with E-state index in [9.17, 15) is 9.90 Å². The van der Waals surface area contributed by atoms with Crippen LogP contribution in [0.4, 0.5) is 0 Å². The van der Waals surface area contributed by atoms with Gasteiger partial charge in [-0.05, 0) is 41.9 Å². The predicted octanol–water partition coefficient (Wildman–Crippen LogP) is 4.66. The molecular weight excluding hydrogens is 376 g/mol. The van der Waals surface area contributed by atoms with E-state index in [0.29, 0.717) is 40.3 Å². The Labute approximate surface area is 151 Å². The van der Waals surface area contributed by atoms with Gasteiger partial charge >= 0.3 is 5.97 Å². The number of allylic oxidation sites excluding steroid dienone is 4. The number of hydrogen-bond acceptors (Lipinski definition) is 5. The third kappa shape index (κ3) is 5.92. The van der Waals surface area contributed by atoms with Crippen molar-refractivity contribution in [3.63, 3.8) is 0 Å². The summed E-state index contributed by atoms with van der Waals surface area (Å²) in [5, 5.41) is 9.51. The van der Waals surface area contributed by atoms with Gasteiger partial charge in [-0.2, -0.15) is 0 Å². The van der Waals surface area contributed by atoms with Crippen LogP contribution < -0.4 is 9.47 Å². The minimum absolute atomic E-state index is 0.0907. The Balaban J connectivity index is 3.20. The van der Waals surface area contributed by atoms with Crippen molar-refractivity contribution >= 4 is 21.9 Å². The van der Waals surface area contributed by atoms with Crippen LogP contribution in [0.2, 0.25) is 0 Å². The number of methoxy groups -OCH3 is 1. The Morgan fingerprint density at radius 1 is 1.33 bits per heavy atom. The smallest absolute Gasteiger partial charge is 0.310 e. The Kier molecular flexibility index (Phi) is 8.40. The predicted molar refractivity (Wildman–Crippen MR) is 96.6 cm³/mol. The van der Waals surface area contributed by atoms with Crippen molar-refractivity contribution in [2.24, 2.45) is 0 Å². The molecule has 0 radical (unpaired) electrons. The molecule has 0 heterocycles. The van der Waals surface area contributed by atoms with Gasteiger partial charge in [-0.3, -0.25) is 4.79 Å². The van der Waals surface area contributed by atoms with E-state index in [-0.39, 0.29) is 18.1 Å². The third-order valence-corrected chi connectivity index (χ3v) is 3.94. The first-order valence-corrected chi connectivity index (χ1v) is 8.47. The zero-order valence-corrected chi connectivity index (χ0v) is 16.0. The molecule has 0 aliphatic rings. The maximum Gasteiger partial charge on any atom is 0.310 e. The highest BCUT2D eigenvalue weighted by Gasteiger charge is 2.16. The third-order valence-electron chi connectivity index (χ3n) is 3.14. The van der Waals surface area contributed by atoms with Crippen molar-refractivity contribution < 1.29 is 24.1 Å². The molecule has 1 rings (SSSR count). The Hall–Kier alpha value is -1.95. The van der Waals surface area contributed by atoms with Crippen LogP contribution >= 0.6 is 15.9 Å². The summed E-state index contributed by atoms with van der Waals surface area (Å²) in [5.74, 6) is 1.43. The molecule has 0 amide bonds.